The van der Waals surface area contributed by atoms with E-state index in [9.17, 15) is 18.3 Å². The molecule has 2 aromatic carbocycles. The number of alkyl halides is 3. The van der Waals surface area contributed by atoms with Gasteiger partial charge in [-0.2, -0.15) is 13.2 Å². The Bertz CT molecular complexity index is 606. The molecule has 0 spiro atoms. The quantitative estimate of drug-likeness (QED) is 0.899. The molecular formula is C15H13F3O2. The molecule has 0 unspecified atom stereocenters. The van der Waals surface area contributed by atoms with Crippen LogP contribution in [0.4, 0.5) is 13.2 Å². The molecule has 0 atom stereocenters. The Balaban J connectivity index is 2.47. The number of halogens is 3. The van der Waals surface area contributed by atoms with Crippen molar-refractivity contribution in [1.29, 1.82) is 0 Å². The molecule has 2 nitrogen and oxygen atoms in total. The maximum atomic E-state index is 12.7. The highest BCUT2D eigenvalue weighted by atomic mass is 19.4. The lowest BCUT2D eigenvalue weighted by Gasteiger charge is -2.11. The van der Waals surface area contributed by atoms with Crippen molar-refractivity contribution in [3.63, 3.8) is 0 Å². The van der Waals surface area contributed by atoms with Gasteiger partial charge in [0.1, 0.15) is 11.5 Å². The van der Waals surface area contributed by atoms with Gasteiger partial charge in [0, 0.05) is 0 Å². The fourth-order valence-corrected chi connectivity index (χ4v) is 1.87. The molecule has 5 heteroatoms. The van der Waals surface area contributed by atoms with Crippen molar-refractivity contribution in [2.45, 2.75) is 13.1 Å². The molecule has 0 amide bonds. The van der Waals surface area contributed by atoms with Gasteiger partial charge >= 0.3 is 6.18 Å². The van der Waals surface area contributed by atoms with Gasteiger partial charge in [-0.3, -0.25) is 0 Å². The molecule has 0 heterocycles. The van der Waals surface area contributed by atoms with Gasteiger partial charge in [0.15, 0.2) is 0 Å². The second kappa shape index (κ2) is 5.45. The average Bonchev–Trinajstić information content (AvgIpc) is 2.38. The number of hydrogen-bond acceptors (Lipinski definition) is 2. The Hall–Kier alpha value is -2.17. The van der Waals surface area contributed by atoms with Gasteiger partial charge in [0.25, 0.3) is 0 Å². The van der Waals surface area contributed by atoms with E-state index in [4.69, 9.17) is 4.74 Å². The number of rotatable bonds is 3. The van der Waals surface area contributed by atoms with Gasteiger partial charge in [0.05, 0.1) is 12.2 Å². The van der Waals surface area contributed by atoms with E-state index in [0.29, 0.717) is 29.5 Å². The molecule has 0 radical (unpaired) electrons. The van der Waals surface area contributed by atoms with Crippen molar-refractivity contribution in [3.05, 3.63) is 48.0 Å². The van der Waals surface area contributed by atoms with E-state index in [-0.39, 0.29) is 0 Å². The fraction of sp³-hybridized carbons (Fsp3) is 0.200. The largest absolute Gasteiger partial charge is 0.508 e. The van der Waals surface area contributed by atoms with E-state index in [1.807, 2.05) is 6.92 Å². The van der Waals surface area contributed by atoms with Crippen LogP contribution < -0.4 is 4.74 Å². The number of phenols is 1. The fourth-order valence-electron chi connectivity index (χ4n) is 1.87. The highest BCUT2D eigenvalue weighted by Crippen LogP contribution is 2.35. The SMILES string of the molecule is CCOc1cccc(-c2cc(O)cc(C(F)(F)F)c2)c1. The summed E-state index contributed by atoms with van der Waals surface area (Å²) in [4.78, 5) is 0. The molecule has 20 heavy (non-hydrogen) atoms. The zero-order valence-electron chi connectivity index (χ0n) is 10.7. The summed E-state index contributed by atoms with van der Waals surface area (Å²) in [5.41, 5.74) is -0.0365. The minimum absolute atomic E-state index is 0.291. The Morgan fingerprint density at radius 1 is 1.05 bits per heavy atom. The summed E-state index contributed by atoms with van der Waals surface area (Å²) in [6.45, 7) is 2.29. The van der Waals surface area contributed by atoms with Gasteiger partial charge in [-0.05, 0) is 48.4 Å². The summed E-state index contributed by atoms with van der Waals surface area (Å²) < 4.78 is 43.5. The first-order chi connectivity index (χ1) is 9.40. The van der Waals surface area contributed by atoms with E-state index in [1.165, 1.54) is 6.07 Å². The lowest BCUT2D eigenvalue weighted by molar-refractivity contribution is -0.137. The first-order valence-electron chi connectivity index (χ1n) is 6.04. The molecule has 0 aliphatic rings. The summed E-state index contributed by atoms with van der Waals surface area (Å²) in [6.07, 6.45) is -4.50. The number of hydrogen-bond donors (Lipinski definition) is 1. The van der Waals surface area contributed by atoms with Crippen LogP contribution in [0.25, 0.3) is 11.1 Å². The van der Waals surface area contributed by atoms with Gasteiger partial charge in [0.2, 0.25) is 0 Å². The zero-order chi connectivity index (χ0) is 14.8. The van der Waals surface area contributed by atoms with E-state index in [1.54, 1.807) is 24.3 Å². The minimum atomic E-state index is -4.50. The first kappa shape index (κ1) is 14.2. The predicted octanol–water partition coefficient (Wildman–Crippen LogP) is 4.48. The van der Waals surface area contributed by atoms with Crippen LogP contribution in [0.5, 0.6) is 11.5 Å². The van der Waals surface area contributed by atoms with Crippen LogP contribution in [0.1, 0.15) is 12.5 Å². The maximum absolute atomic E-state index is 12.7. The second-order valence-electron chi connectivity index (χ2n) is 4.23. The number of benzene rings is 2. The summed E-state index contributed by atoms with van der Waals surface area (Å²) in [5.74, 6) is 0.151. The highest BCUT2D eigenvalue weighted by Gasteiger charge is 2.31. The van der Waals surface area contributed by atoms with Gasteiger partial charge in [-0.15, -0.1) is 0 Å². The molecule has 0 saturated carbocycles. The summed E-state index contributed by atoms with van der Waals surface area (Å²) in [5, 5.41) is 9.46. The first-order valence-corrected chi connectivity index (χ1v) is 6.04. The molecule has 0 fully saturated rings. The zero-order valence-corrected chi connectivity index (χ0v) is 10.7. The second-order valence-corrected chi connectivity index (χ2v) is 4.23. The predicted molar refractivity (Wildman–Crippen MR) is 69.7 cm³/mol. The third-order valence-electron chi connectivity index (χ3n) is 2.72. The molecule has 0 aliphatic carbocycles. The van der Waals surface area contributed by atoms with Crippen molar-refractivity contribution in [3.8, 4) is 22.6 Å². The van der Waals surface area contributed by atoms with Crippen LogP contribution in [0.3, 0.4) is 0 Å². The van der Waals surface area contributed by atoms with E-state index in [0.717, 1.165) is 6.07 Å². The van der Waals surface area contributed by atoms with Crippen LogP contribution in [-0.2, 0) is 6.18 Å². The van der Waals surface area contributed by atoms with Crippen molar-refractivity contribution in [2.75, 3.05) is 6.61 Å². The lowest BCUT2D eigenvalue weighted by atomic mass is 10.0. The topological polar surface area (TPSA) is 29.5 Å². The number of aromatic hydroxyl groups is 1. The van der Waals surface area contributed by atoms with Crippen molar-refractivity contribution in [2.24, 2.45) is 0 Å². The van der Waals surface area contributed by atoms with E-state index < -0.39 is 17.5 Å². The monoisotopic (exact) mass is 282 g/mol. The van der Waals surface area contributed by atoms with Gasteiger partial charge in [-0.1, -0.05) is 12.1 Å². The van der Waals surface area contributed by atoms with Crippen LogP contribution in [0, 0.1) is 0 Å². The lowest BCUT2D eigenvalue weighted by Crippen LogP contribution is -2.04. The maximum Gasteiger partial charge on any atom is 0.416 e. The van der Waals surface area contributed by atoms with E-state index >= 15 is 0 Å². The third kappa shape index (κ3) is 3.23. The molecular weight excluding hydrogens is 269 g/mol. The molecule has 0 saturated heterocycles. The van der Waals surface area contributed by atoms with Crippen LogP contribution >= 0.6 is 0 Å². The average molecular weight is 282 g/mol. The molecule has 1 N–H and O–H groups in total. The summed E-state index contributed by atoms with van der Waals surface area (Å²) >= 11 is 0. The molecule has 0 aliphatic heterocycles. The van der Waals surface area contributed by atoms with Crippen molar-refractivity contribution >= 4 is 0 Å². The molecule has 106 valence electrons. The standard InChI is InChI=1S/C15H13F3O2/c1-2-20-14-5-3-4-10(8-14)11-6-12(15(16,17)18)9-13(19)7-11/h3-9,19H,2H2,1H3. The van der Waals surface area contributed by atoms with Crippen molar-refractivity contribution in [1.82, 2.24) is 0 Å². The normalized spacial score (nSPS) is 11.4. The van der Waals surface area contributed by atoms with Crippen LogP contribution in [0.15, 0.2) is 42.5 Å². The Kier molecular flexibility index (Phi) is 3.88. The molecule has 0 aromatic heterocycles. The van der Waals surface area contributed by atoms with E-state index in [2.05, 4.69) is 0 Å². The minimum Gasteiger partial charge on any atom is -0.508 e. The van der Waals surface area contributed by atoms with Gasteiger partial charge < -0.3 is 9.84 Å². The molecule has 0 bridgehead atoms. The smallest absolute Gasteiger partial charge is 0.416 e. The van der Waals surface area contributed by atoms with Crippen molar-refractivity contribution < 1.29 is 23.0 Å². The highest BCUT2D eigenvalue weighted by molar-refractivity contribution is 5.67. The Labute approximate surface area is 114 Å². The van der Waals surface area contributed by atoms with Crippen LogP contribution in [-0.4, -0.2) is 11.7 Å². The van der Waals surface area contributed by atoms with Gasteiger partial charge in [-0.25, -0.2) is 0 Å². The number of ether oxygens (including phenoxy) is 1. The number of phenolic OH excluding ortho intramolecular Hbond substituents is 1. The van der Waals surface area contributed by atoms with Crippen LogP contribution in [0.2, 0.25) is 0 Å². The summed E-state index contributed by atoms with van der Waals surface area (Å²) in [6, 6.07) is 9.72. The molecule has 2 rings (SSSR count). The summed E-state index contributed by atoms with van der Waals surface area (Å²) in [7, 11) is 0. The third-order valence-corrected chi connectivity index (χ3v) is 2.72. The Morgan fingerprint density at radius 3 is 2.45 bits per heavy atom. The molecule has 2 aromatic rings. The Morgan fingerprint density at radius 2 is 1.80 bits per heavy atom.